The van der Waals surface area contributed by atoms with Crippen molar-refractivity contribution in [3.05, 3.63) is 69.9 Å². The minimum atomic E-state index is -0.703. The molecular weight excluding hydrogens is 368 g/mol. The Labute approximate surface area is 161 Å². The van der Waals surface area contributed by atoms with Crippen molar-refractivity contribution in [2.24, 2.45) is 0 Å². The van der Waals surface area contributed by atoms with Crippen LogP contribution in [0.3, 0.4) is 0 Å². The molecule has 0 aromatic heterocycles. The summed E-state index contributed by atoms with van der Waals surface area (Å²) in [6, 6.07) is 11.9. The molecule has 0 saturated heterocycles. The van der Waals surface area contributed by atoms with Crippen molar-refractivity contribution in [2.75, 3.05) is 17.3 Å². The summed E-state index contributed by atoms with van der Waals surface area (Å²) in [5.74, 6) is -1.99. The Bertz CT molecular complexity index is 997. The minimum Gasteiger partial charge on any atom is -0.465 e. The van der Waals surface area contributed by atoms with E-state index in [0.29, 0.717) is 5.69 Å². The zero-order valence-corrected chi connectivity index (χ0v) is 15.8. The van der Waals surface area contributed by atoms with Crippen LogP contribution in [-0.2, 0) is 14.3 Å². The molecule has 1 N–H and O–H groups in total. The van der Waals surface area contributed by atoms with Crippen LogP contribution in [0.4, 0.5) is 11.4 Å². The lowest BCUT2D eigenvalue weighted by molar-refractivity contribution is -0.120. The Morgan fingerprint density at radius 1 is 1.07 bits per heavy atom. The number of methoxy groups -OCH3 is 1. The van der Waals surface area contributed by atoms with Crippen molar-refractivity contribution in [1.29, 1.82) is 0 Å². The number of carbonyl (C=O) groups is 3. The van der Waals surface area contributed by atoms with Crippen LogP contribution < -0.4 is 10.2 Å². The SMILES string of the molecule is COC(=O)c1ccccc1N1C(=O)C(Cl)=C(Nc2cc(C)ccc2C)C1=O. The van der Waals surface area contributed by atoms with E-state index in [9.17, 15) is 14.4 Å². The number of para-hydroxylation sites is 1. The number of hydrogen-bond acceptors (Lipinski definition) is 5. The van der Waals surface area contributed by atoms with Gasteiger partial charge in [-0.05, 0) is 43.2 Å². The van der Waals surface area contributed by atoms with Crippen LogP contribution in [0.2, 0.25) is 0 Å². The van der Waals surface area contributed by atoms with Crippen molar-refractivity contribution in [3.8, 4) is 0 Å². The number of amides is 2. The number of esters is 1. The van der Waals surface area contributed by atoms with Gasteiger partial charge in [0.1, 0.15) is 10.7 Å². The Balaban J connectivity index is 2.00. The standard InChI is InChI=1S/C20H17ClN2O4/c1-11-8-9-12(2)14(10-11)22-17-16(21)18(24)23(19(17)25)15-7-5-4-6-13(15)20(26)27-3/h4-10,22H,1-3H3. The van der Waals surface area contributed by atoms with Crippen molar-refractivity contribution < 1.29 is 19.1 Å². The van der Waals surface area contributed by atoms with Crippen LogP contribution in [0.15, 0.2) is 53.2 Å². The van der Waals surface area contributed by atoms with Crippen LogP contribution >= 0.6 is 11.6 Å². The number of nitrogens with one attached hydrogen (secondary N) is 1. The maximum absolute atomic E-state index is 12.9. The molecule has 0 unspecified atom stereocenters. The largest absolute Gasteiger partial charge is 0.465 e. The molecule has 1 heterocycles. The maximum Gasteiger partial charge on any atom is 0.339 e. The second kappa shape index (κ2) is 7.25. The van der Waals surface area contributed by atoms with E-state index in [1.165, 1.54) is 19.2 Å². The first kappa shape index (κ1) is 18.7. The summed E-state index contributed by atoms with van der Waals surface area (Å²) in [4.78, 5) is 38.5. The van der Waals surface area contributed by atoms with E-state index < -0.39 is 17.8 Å². The van der Waals surface area contributed by atoms with Gasteiger partial charge in [0.2, 0.25) is 0 Å². The van der Waals surface area contributed by atoms with Gasteiger partial charge in [0.05, 0.1) is 18.4 Å². The predicted octanol–water partition coefficient (Wildman–Crippen LogP) is 3.53. The molecule has 2 aromatic rings. The number of ether oxygens (including phenoxy) is 1. The first-order valence-corrected chi connectivity index (χ1v) is 8.53. The van der Waals surface area contributed by atoms with Gasteiger partial charge in [-0.3, -0.25) is 9.59 Å². The molecule has 2 aromatic carbocycles. The Hall–Kier alpha value is -3.12. The molecule has 2 amide bonds. The molecule has 138 valence electrons. The number of imide groups is 1. The highest BCUT2D eigenvalue weighted by molar-refractivity contribution is 6.53. The quantitative estimate of drug-likeness (QED) is 0.644. The summed E-state index contributed by atoms with van der Waals surface area (Å²) in [6.45, 7) is 3.79. The summed E-state index contributed by atoms with van der Waals surface area (Å²) in [6.07, 6.45) is 0. The lowest BCUT2D eigenvalue weighted by Gasteiger charge is -2.18. The van der Waals surface area contributed by atoms with Crippen molar-refractivity contribution in [3.63, 3.8) is 0 Å². The third-order valence-electron chi connectivity index (χ3n) is 4.23. The fourth-order valence-corrected chi connectivity index (χ4v) is 3.00. The number of nitrogens with zero attached hydrogens (tertiary/aromatic N) is 1. The number of hydrogen-bond donors (Lipinski definition) is 1. The molecule has 0 fully saturated rings. The smallest absolute Gasteiger partial charge is 0.339 e. The van der Waals surface area contributed by atoms with Gasteiger partial charge in [-0.15, -0.1) is 0 Å². The first-order chi connectivity index (χ1) is 12.8. The van der Waals surface area contributed by atoms with Gasteiger partial charge in [-0.25, -0.2) is 9.69 Å². The van der Waals surface area contributed by atoms with Crippen LogP contribution in [0.1, 0.15) is 21.5 Å². The van der Waals surface area contributed by atoms with Crippen molar-refractivity contribution in [1.82, 2.24) is 0 Å². The highest BCUT2D eigenvalue weighted by Gasteiger charge is 2.40. The number of carbonyl (C=O) groups excluding carboxylic acids is 3. The van der Waals surface area contributed by atoms with E-state index in [1.54, 1.807) is 12.1 Å². The van der Waals surface area contributed by atoms with Gasteiger partial charge in [-0.2, -0.15) is 0 Å². The lowest BCUT2D eigenvalue weighted by Crippen LogP contribution is -2.33. The summed E-state index contributed by atoms with van der Waals surface area (Å²) in [5, 5.41) is 2.73. The molecular formula is C20H17ClN2O4. The molecule has 3 rings (SSSR count). The van der Waals surface area contributed by atoms with Crippen molar-refractivity contribution in [2.45, 2.75) is 13.8 Å². The average Bonchev–Trinajstić information content (AvgIpc) is 2.87. The fraction of sp³-hybridized carbons (Fsp3) is 0.150. The van der Waals surface area contributed by atoms with Crippen LogP contribution in [0, 0.1) is 13.8 Å². The fourth-order valence-electron chi connectivity index (χ4n) is 2.79. The van der Waals surface area contributed by atoms with E-state index in [0.717, 1.165) is 16.0 Å². The van der Waals surface area contributed by atoms with Gasteiger partial charge in [0, 0.05) is 5.69 Å². The second-order valence-corrected chi connectivity index (χ2v) is 6.46. The zero-order valence-electron chi connectivity index (χ0n) is 15.0. The Kier molecular flexibility index (Phi) is 5.01. The molecule has 1 aliphatic heterocycles. The summed E-state index contributed by atoms with van der Waals surface area (Å²) in [5.41, 5.74) is 2.74. The molecule has 7 heteroatoms. The third-order valence-corrected chi connectivity index (χ3v) is 4.58. The Morgan fingerprint density at radius 2 is 1.78 bits per heavy atom. The number of halogens is 1. The molecule has 27 heavy (non-hydrogen) atoms. The topological polar surface area (TPSA) is 75.7 Å². The van der Waals surface area contributed by atoms with E-state index in [1.807, 2.05) is 32.0 Å². The molecule has 1 aliphatic rings. The summed E-state index contributed by atoms with van der Waals surface area (Å²) in [7, 11) is 1.23. The summed E-state index contributed by atoms with van der Waals surface area (Å²) >= 11 is 6.16. The minimum absolute atomic E-state index is 0.0324. The zero-order chi connectivity index (χ0) is 19.7. The van der Waals surface area contributed by atoms with Crippen LogP contribution in [-0.4, -0.2) is 24.9 Å². The molecule has 0 bridgehead atoms. The number of aryl methyl sites for hydroxylation is 2. The predicted molar refractivity (Wildman–Crippen MR) is 103 cm³/mol. The first-order valence-electron chi connectivity index (χ1n) is 8.15. The van der Waals surface area contributed by atoms with E-state index in [4.69, 9.17) is 16.3 Å². The average molecular weight is 385 g/mol. The number of anilines is 2. The lowest BCUT2D eigenvalue weighted by atomic mass is 10.1. The van der Waals surface area contributed by atoms with Gasteiger partial charge in [-0.1, -0.05) is 35.9 Å². The van der Waals surface area contributed by atoms with Gasteiger partial charge in [0.25, 0.3) is 11.8 Å². The van der Waals surface area contributed by atoms with Gasteiger partial charge in [0.15, 0.2) is 0 Å². The van der Waals surface area contributed by atoms with Crippen molar-refractivity contribution >= 4 is 40.8 Å². The van der Waals surface area contributed by atoms with E-state index >= 15 is 0 Å². The molecule has 0 saturated carbocycles. The molecule has 6 nitrogen and oxygen atoms in total. The third kappa shape index (κ3) is 3.31. The van der Waals surface area contributed by atoms with Crippen LogP contribution in [0.5, 0.6) is 0 Å². The molecule has 0 atom stereocenters. The van der Waals surface area contributed by atoms with E-state index in [2.05, 4.69) is 5.32 Å². The Morgan fingerprint density at radius 3 is 2.48 bits per heavy atom. The normalized spacial score (nSPS) is 14.0. The van der Waals surface area contributed by atoms with Gasteiger partial charge >= 0.3 is 5.97 Å². The molecule has 0 radical (unpaired) electrons. The number of benzene rings is 2. The highest BCUT2D eigenvalue weighted by atomic mass is 35.5. The monoisotopic (exact) mass is 384 g/mol. The molecule has 0 aliphatic carbocycles. The van der Waals surface area contributed by atoms with Gasteiger partial charge < -0.3 is 10.1 Å². The summed E-state index contributed by atoms with van der Waals surface area (Å²) < 4.78 is 4.73. The van der Waals surface area contributed by atoms with E-state index in [-0.39, 0.29) is 22.0 Å². The maximum atomic E-state index is 12.9. The number of rotatable bonds is 4. The van der Waals surface area contributed by atoms with Crippen LogP contribution in [0.25, 0.3) is 0 Å². The highest BCUT2D eigenvalue weighted by Crippen LogP contribution is 2.33. The molecule has 0 spiro atoms. The second-order valence-electron chi connectivity index (χ2n) is 6.09.